The zero-order chi connectivity index (χ0) is 14.4. The lowest BCUT2D eigenvalue weighted by molar-refractivity contribution is 0.00578. The van der Waals surface area contributed by atoms with Gasteiger partial charge in [0, 0.05) is 11.8 Å². The van der Waals surface area contributed by atoms with E-state index >= 15 is 0 Å². The van der Waals surface area contributed by atoms with Gasteiger partial charge in [0.05, 0.1) is 29.4 Å². The van der Waals surface area contributed by atoms with Crippen LogP contribution in [0.5, 0.6) is 0 Å². The van der Waals surface area contributed by atoms with E-state index in [0.717, 1.165) is 16.7 Å². The normalized spacial score (nSPS) is 20.3. The summed E-state index contributed by atoms with van der Waals surface area (Å²) in [6, 6.07) is 5.79. The summed E-state index contributed by atoms with van der Waals surface area (Å²) in [4.78, 5) is 4.35. The topological polar surface area (TPSA) is 44.5 Å². The minimum atomic E-state index is -0.367. The van der Waals surface area contributed by atoms with Crippen molar-refractivity contribution in [2.45, 2.75) is 38.9 Å². The number of pyridine rings is 1. The molecule has 1 aliphatic heterocycles. The third-order valence-corrected chi connectivity index (χ3v) is 4.13. The van der Waals surface area contributed by atoms with Gasteiger partial charge in [-0.15, -0.1) is 0 Å². The molecule has 104 valence electrons. The predicted molar refractivity (Wildman–Crippen MR) is 77.7 cm³/mol. The van der Waals surface area contributed by atoms with Crippen LogP contribution in [0.1, 0.15) is 27.7 Å². The Kier molecular flexibility index (Phi) is 2.99. The summed E-state index contributed by atoms with van der Waals surface area (Å²) >= 11 is 0. The van der Waals surface area contributed by atoms with Crippen LogP contribution >= 0.6 is 0 Å². The van der Waals surface area contributed by atoms with E-state index in [1.807, 2.05) is 45.9 Å². The number of aromatic nitrogens is 1. The molecule has 4 nitrogen and oxygen atoms in total. The summed E-state index contributed by atoms with van der Waals surface area (Å²) in [5.74, 6) is 0. The number of furan rings is 1. The number of hydrogen-bond acceptors (Lipinski definition) is 4. The van der Waals surface area contributed by atoms with E-state index in [1.54, 1.807) is 18.7 Å². The lowest BCUT2D eigenvalue weighted by atomic mass is 9.79. The van der Waals surface area contributed by atoms with Gasteiger partial charge < -0.3 is 13.7 Å². The molecule has 5 heteroatoms. The standard InChI is InChI=1S/C15H18BNO3/c1-14(2)15(3,4)20-16(19-14)12-5-7-17-13(9-12)11-6-8-18-10-11/h5-10H,1-4H3. The summed E-state index contributed by atoms with van der Waals surface area (Å²) in [6.45, 7) is 8.19. The first-order valence-electron chi connectivity index (χ1n) is 6.73. The Bertz CT molecular complexity index is 591. The SMILES string of the molecule is CC1(C)OB(c2ccnc(-c3ccoc3)c2)OC1(C)C. The minimum Gasteiger partial charge on any atom is -0.472 e. The summed E-state index contributed by atoms with van der Waals surface area (Å²) in [7, 11) is -0.367. The van der Waals surface area contributed by atoms with Gasteiger partial charge in [-0.1, -0.05) is 0 Å². The highest BCUT2D eigenvalue weighted by Crippen LogP contribution is 2.36. The Morgan fingerprint density at radius 3 is 2.35 bits per heavy atom. The molecule has 0 atom stereocenters. The van der Waals surface area contributed by atoms with Crippen LogP contribution in [-0.4, -0.2) is 23.3 Å². The van der Waals surface area contributed by atoms with E-state index < -0.39 is 0 Å². The molecule has 1 fully saturated rings. The Morgan fingerprint density at radius 2 is 1.75 bits per heavy atom. The maximum atomic E-state index is 6.05. The average Bonchev–Trinajstić information content (AvgIpc) is 2.97. The average molecular weight is 271 g/mol. The molecule has 0 spiro atoms. The Balaban J connectivity index is 1.91. The summed E-state index contributed by atoms with van der Waals surface area (Å²) in [5.41, 5.74) is 2.09. The van der Waals surface area contributed by atoms with Crippen molar-refractivity contribution < 1.29 is 13.7 Å². The van der Waals surface area contributed by atoms with Crippen LogP contribution in [0, 0.1) is 0 Å². The third-order valence-electron chi connectivity index (χ3n) is 4.13. The molecule has 2 aromatic heterocycles. The third kappa shape index (κ3) is 2.17. The van der Waals surface area contributed by atoms with E-state index in [2.05, 4.69) is 4.98 Å². The van der Waals surface area contributed by atoms with Crippen molar-refractivity contribution in [3.8, 4) is 11.3 Å². The van der Waals surface area contributed by atoms with Gasteiger partial charge in [-0.2, -0.15) is 0 Å². The molecule has 0 aromatic carbocycles. The van der Waals surface area contributed by atoms with Crippen molar-refractivity contribution >= 4 is 12.6 Å². The predicted octanol–water partition coefficient (Wildman–Crippen LogP) is 2.64. The molecule has 2 aromatic rings. The van der Waals surface area contributed by atoms with Gasteiger partial charge in [0.15, 0.2) is 0 Å². The van der Waals surface area contributed by atoms with Gasteiger partial charge in [0.2, 0.25) is 0 Å². The molecule has 1 saturated heterocycles. The number of rotatable bonds is 2. The minimum absolute atomic E-state index is 0.337. The highest BCUT2D eigenvalue weighted by molar-refractivity contribution is 6.62. The molecule has 20 heavy (non-hydrogen) atoms. The first-order chi connectivity index (χ1) is 9.39. The van der Waals surface area contributed by atoms with Crippen LogP contribution in [0.25, 0.3) is 11.3 Å². The van der Waals surface area contributed by atoms with Crippen molar-refractivity contribution in [3.63, 3.8) is 0 Å². The van der Waals surface area contributed by atoms with Crippen LogP contribution in [0.3, 0.4) is 0 Å². The molecule has 0 unspecified atom stereocenters. The smallest absolute Gasteiger partial charge is 0.472 e. The van der Waals surface area contributed by atoms with E-state index in [-0.39, 0.29) is 18.3 Å². The van der Waals surface area contributed by atoms with Crippen LogP contribution in [0.2, 0.25) is 0 Å². The van der Waals surface area contributed by atoms with Gasteiger partial charge in [-0.3, -0.25) is 4.98 Å². The number of nitrogens with zero attached hydrogens (tertiary/aromatic N) is 1. The first-order valence-corrected chi connectivity index (χ1v) is 6.73. The van der Waals surface area contributed by atoms with Gasteiger partial charge >= 0.3 is 7.12 Å². The molecule has 1 aliphatic rings. The van der Waals surface area contributed by atoms with Crippen molar-refractivity contribution in [3.05, 3.63) is 36.9 Å². The highest BCUT2D eigenvalue weighted by atomic mass is 16.7. The second-order valence-corrected chi connectivity index (χ2v) is 6.07. The van der Waals surface area contributed by atoms with Gasteiger partial charge in [-0.05, 0) is 51.4 Å². The Labute approximate surface area is 119 Å². The van der Waals surface area contributed by atoms with Crippen molar-refractivity contribution in [1.82, 2.24) is 4.98 Å². The maximum Gasteiger partial charge on any atom is 0.494 e. The first kappa shape index (κ1) is 13.4. The van der Waals surface area contributed by atoms with Gasteiger partial charge in [0.25, 0.3) is 0 Å². The molecule has 0 saturated carbocycles. The maximum absolute atomic E-state index is 6.05. The molecule has 3 heterocycles. The van der Waals surface area contributed by atoms with Crippen molar-refractivity contribution in [1.29, 1.82) is 0 Å². The lowest BCUT2D eigenvalue weighted by Crippen LogP contribution is -2.41. The largest absolute Gasteiger partial charge is 0.494 e. The Morgan fingerprint density at radius 1 is 1.05 bits per heavy atom. The van der Waals surface area contributed by atoms with Crippen molar-refractivity contribution in [2.24, 2.45) is 0 Å². The molecule has 0 amide bonds. The molecule has 0 radical (unpaired) electrons. The lowest BCUT2D eigenvalue weighted by Gasteiger charge is -2.32. The van der Waals surface area contributed by atoms with Gasteiger partial charge in [-0.25, -0.2) is 0 Å². The van der Waals surface area contributed by atoms with Crippen LogP contribution in [0.15, 0.2) is 41.3 Å². The van der Waals surface area contributed by atoms with Crippen LogP contribution < -0.4 is 5.46 Å². The monoisotopic (exact) mass is 271 g/mol. The van der Waals surface area contributed by atoms with Crippen LogP contribution in [0.4, 0.5) is 0 Å². The van der Waals surface area contributed by atoms with E-state index in [1.165, 1.54) is 0 Å². The molecular formula is C15H18BNO3. The summed E-state index contributed by atoms with van der Waals surface area (Å²) in [6.07, 6.45) is 5.08. The van der Waals surface area contributed by atoms with E-state index in [4.69, 9.17) is 13.7 Å². The quantitative estimate of drug-likeness (QED) is 0.787. The van der Waals surface area contributed by atoms with E-state index in [0.29, 0.717) is 0 Å². The molecule has 0 bridgehead atoms. The van der Waals surface area contributed by atoms with Crippen LogP contribution in [-0.2, 0) is 9.31 Å². The zero-order valence-electron chi connectivity index (χ0n) is 12.2. The van der Waals surface area contributed by atoms with Crippen molar-refractivity contribution in [2.75, 3.05) is 0 Å². The fourth-order valence-electron chi connectivity index (χ4n) is 2.14. The summed E-state index contributed by atoms with van der Waals surface area (Å²) < 4.78 is 17.2. The number of hydrogen-bond donors (Lipinski definition) is 0. The Hall–Kier alpha value is -1.59. The molecular weight excluding hydrogens is 253 g/mol. The second-order valence-electron chi connectivity index (χ2n) is 6.07. The zero-order valence-corrected chi connectivity index (χ0v) is 12.2. The summed E-state index contributed by atoms with van der Waals surface area (Å²) in [5, 5.41) is 0. The highest BCUT2D eigenvalue weighted by Gasteiger charge is 2.51. The van der Waals surface area contributed by atoms with Gasteiger partial charge in [0.1, 0.15) is 0 Å². The fourth-order valence-corrected chi connectivity index (χ4v) is 2.14. The molecule has 0 aliphatic carbocycles. The second kappa shape index (κ2) is 4.47. The fraction of sp³-hybridized carbons (Fsp3) is 0.400. The molecule has 0 N–H and O–H groups in total. The molecule has 3 rings (SSSR count). The van der Waals surface area contributed by atoms with E-state index in [9.17, 15) is 0 Å².